The fourth-order valence-electron chi connectivity index (χ4n) is 0.648. The predicted molar refractivity (Wildman–Crippen MR) is 42.5 cm³/mol. The third-order valence-electron chi connectivity index (χ3n) is 1.63. The summed E-state index contributed by atoms with van der Waals surface area (Å²) in [7, 11) is 0. The van der Waals surface area contributed by atoms with Gasteiger partial charge in [0, 0.05) is 0 Å². The zero-order chi connectivity index (χ0) is 7.28. The molecule has 0 radical (unpaired) electrons. The second-order valence-corrected chi connectivity index (χ2v) is 3.17. The topological polar surface area (TPSA) is 26.0 Å². The quantitative estimate of drug-likeness (QED) is 0.482. The van der Waals surface area contributed by atoms with Gasteiger partial charge < -0.3 is 5.73 Å². The van der Waals surface area contributed by atoms with Crippen molar-refractivity contribution in [1.82, 2.24) is 0 Å². The van der Waals surface area contributed by atoms with Crippen LogP contribution in [0.5, 0.6) is 0 Å². The van der Waals surface area contributed by atoms with Crippen LogP contribution in [0.1, 0.15) is 33.1 Å². The van der Waals surface area contributed by atoms with Gasteiger partial charge >= 0.3 is 0 Å². The molecule has 2 heteroatoms. The van der Waals surface area contributed by atoms with E-state index in [4.69, 9.17) is 17.3 Å². The van der Waals surface area contributed by atoms with Crippen LogP contribution >= 0.6 is 11.6 Å². The van der Waals surface area contributed by atoms with E-state index in [9.17, 15) is 0 Å². The van der Waals surface area contributed by atoms with Gasteiger partial charge in [-0.3, -0.25) is 0 Å². The van der Waals surface area contributed by atoms with Gasteiger partial charge in [0.15, 0.2) is 0 Å². The number of hydrogen-bond acceptors (Lipinski definition) is 1. The molecule has 0 spiro atoms. The lowest BCUT2D eigenvalue weighted by Gasteiger charge is -2.07. The molecule has 2 unspecified atom stereocenters. The summed E-state index contributed by atoms with van der Waals surface area (Å²) in [6.45, 7) is 4.41. The summed E-state index contributed by atoms with van der Waals surface area (Å²) in [4.78, 5) is 0. The van der Waals surface area contributed by atoms with Crippen LogP contribution in [0.2, 0.25) is 0 Å². The van der Waals surface area contributed by atoms with E-state index in [0.717, 1.165) is 18.8 Å². The highest BCUT2D eigenvalue weighted by Gasteiger charge is 2.00. The molecule has 0 saturated carbocycles. The molecule has 1 nitrogen and oxygen atoms in total. The fraction of sp³-hybridized carbons (Fsp3) is 1.00. The summed E-state index contributed by atoms with van der Waals surface area (Å²) < 4.78 is 0. The number of hydrogen-bond donors (Lipinski definition) is 1. The van der Waals surface area contributed by atoms with Crippen molar-refractivity contribution >= 4 is 11.6 Å². The largest absolute Gasteiger partial charge is 0.315 e. The van der Waals surface area contributed by atoms with Crippen LogP contribution in [0, 0.1) is 5.92 Å². The summed E-state index contributed by atoms with van der Waals surface area (Å²) in [5, 5.41) is 0. The zero-order valence-corrected chi connectivity index (χ0v) is 6.99. The smallest absolute Gasteiger partial charge is 0.0800 e. The van der Waals surface area contributed by atoms with E-state index < -0.39 is 0 Å². The van der Waals surface area contributed by atoms with Crippen LogP contribution in [0.3, 0.4) is 0 Å². The Hall–Kier alpha value is 0.250. The average molecular weight is 150 g/mol. The van der Waals surface area contributed by atoms with Crippen molar-refractivity contribution in [2.24, 2.45) is 11.7 Å². The molecule has 0 aliphatic rings. The Morgan fingerprint density at radius 2 is 2.00 bits per heavy atom. The standard InChI is InChI=1S/C7H16ClN/c1-3-6(2)4-5-7(8)9/h6-7H,3-5,9H2,1-2H3. The van der Waals surface area contributed by atoms with Crippen molar-refractivity contribution in [1.29, 1.82) is 0 Å². The molecule has 0 aromatic heterocycles. The van der Waals surface area contributed by atoms with Crippen molar-refractivity contribution < 1.29 is 0 Å². The Kier molecular flexibility index (Phi) is 5.21. The molecule has 9 heavy (non-hydrogen) atoms. The van der Waals surface area contributed by atoms with Crippen LogP contribution in [-0.4, -0.2) is 5.50 Å². The number of rotatable bonds is 4. The molecular formula is C7H16ClN. The summed E-state index contributed by atoms with van der Waals surface area (Å²) in [5.41, 5.74) is 5.22. The molecule has 0 bridgehead atoms. The van der Waals surface area contributed by atoms with E-state index in [0.29, 0.717) is 0 Å². The second-order valence-electron chi connectivity index (χ2n) is 2.61. The fourth-order valence-corrected chi connectivity index (χ4v) is 0.774. The van der Waals surface area contributed by atoms with Gasteiger partial charge in [-0.25, -0.2) is 0 Å². The molecule has 0 aliphatic carbocycles. The molecule has 56 valence electrons. The molecule has 0 rings (SSSR count). The highest BCUT2D eigenvalue weighted by Crippen LogP contribution is 2.11. The highest BCUT2D eigenvalue weighted by atomic mass is 35.5. The molecular weight excluding hydrogens is 134 g/mol. The third kappa shape index (κ3) is 6.13. The predicted octanol–water partition coefficient (Wildman–Crippen LogP) is 2.34. The number of halogens is 1. The van der Waals surface area contributed by atoms with Gasteiger partial charge in [0.2, 0.25) is 0 Å². The van der Waals surface area contributed by atoms with Crippen molar-refractivity contribution in [3.8, 4) is 0 Å². The Morgan fingerprint density at radius 1 is 1.44 bits per heavy atom. The Morgan fingerprint density at radius 3 is 2.33 bits per heavy atom. The van der Waals surface area contributed by atoms with Gasteiger partial charge in [0.1, 0.15) is 0 Å². The second kappa shape index (κ2) is 5.07. The minimum atomic E-state index is -0.140. The molecule has 0 amide bonds. The Labute approximate surface area is 62.6 Å². The third-order valence-corrected chi connectivity index (χ3v) is 1.85. The van der Waals surface area contributed by atoms with Crippen molar-refractivity contribution in [2.45, 2.75) is 38.6 Å². The van der Waals surface area contributed by atoms with E-state index in [1.807, 2.05) is 0 Å². The number of nitrogens with two attached hydrogens (primary N) is 1. The van der Waals surface area contributed by atoms with Crippen molar-refractivity contribution in [2.75, 3.05) is 0 Å². The molecule has 2 atom stereocenters. The van der Waals surface area contributed by atoms with Gasteiger partial charge in [0.25, 0.3) is 0 Å². The van der Waals surface area contributed by atoms with E-state index in [1.165, 1.54) is 6.42 Å². The van der Waals surface area contributed by atoms with Gasteiger partial charge in [-0.05, 0) is 18.8 Å². The van der Waals surface area contributed by atoms with E-state index in [1.54, 1.807) is 0 Å². The van der Waals surface area contributed by atoms with E-state index in [2.05, 4.69) is 13.8 Å². The Balaban J connectivity index is 3.06. The first-order valence-corrected chi connectivity index (χ1v) is 4.00. The van der Waals surface area contributed by atoms with Crippen LogP contribution in [0.25, 0.3) is 0 Å². The van der Waals surface area contributed by atoms with Gasteiger partial charge in [-0.15, -0.1) is 11.6 Å². The van der Waals surface area contributed by atoms with Crippen molar-refractivity contribution in [3.63, 3.8) is 0 Å². The lowest BCUT2D eigenvalue weighted by molar-refractivity contribution is 0.490. The van der Waals surface area contributed by atoms with Crippen LogP contribution < -0.4 is 5.73 Å². The first-order chi connectivity index (χ1) is 4.16. The van der Waals surface area contributed by atoms with Crippen molar-refractivity contribution in [3.05, 3.63) is 0 Å². The average Bonchev–Trinajstić information content (AvgIpc) is 1.83. The Bertz CT molecular complexity index is 63.9. The van der Waals surface area contributed by atoms with E-state index in [-0.39, 0.29) is 5.50 Å². The maximum Gasteiger partial charge on any atom is 0.0800 e. The minimum Gasteiger partial charge on any atom is -0.315 e. The minimum absolute atomic E-state index is 0.140. The molecule has 0 aromatic rings. The lowest BCUT2D eigenvalue weighted by Crippen LogP contribution is -2.12. The first kappa shape index (κ1) is 9.25. The van der Waals surface area contributed by atoms with Gasteiger partial charge in [-0.1, -0.05) is 20.3 Å². The summed E-state index contributed by atoms with van der Waals surface area (Å²) >= 11 is 5.56. The first-order valence-electron chi connectivity index (χ1n) is 3.56. The van der Waals surface area contributed by atoms with Crippen LogP contribution in [0.4, 0.5) is 0 Å². The molecule has 0 aliphatic heterocycles. The molecule has 0 fully saturated rings. The molecule has 0 saturated heterocycles. The number of alkyl halides is 1. The van der Waals surface area contributed by atoms with E-state index >= 15 is 0 Å². The summed E-state index contributed by atoms with van der Waals surface area (Å²) in [5.74, 6) is 0.773. The SMILES string of the molecule is CCC(C)CCC(N)Cl. The normalized spacial score (nSPS) is 17.3. The zero-order valence-electron chi connectivity index (χ0n) is 6.23. The summed E-state index contributed by atoms with van der Waals surface area (Å²) in [6.07, 6.45) is 3.32. The van der Waals surface area contributed by atoms with Gasteiger partial charge in [-0.2, -0.15) is 0 Å². The highest BCUT2D eigenvalue weighted by molar-refractivity contribution is 6.20. The maximum atomic E-state index is 5.56. The molecule has 0 aromatic carbocycles. The van der Waals surface area contributed by atoms with Gasteiger partial charge in [0.05, 0.1) is 5.50 Å². The lowest BCUT2D eigenvalue weighted by atomic mass is 10.0. The maximum absolute atomic E-state index is 5.56. The monoisotopic (exact) mass is 149 g/mol. The summed E-state index contributed by atoms with van der Waals surface area (Å²) in [6, 6.07) is 0. The molecule has 0 heterocycles. The van der Waals surface area contributed by atoms with Crippen LogP contribution in [-0.2, 0) is 0 Å². The molecule has 2 N–H and O–H groups in total. The van der Waals surface area contributed by atoms with Crippen LogP contribution in [0.15, 0.2) is 0 Å².